The van der Waals surface area contributed by atoms with Gasteiger partial charge in [0.25, 0.3) is 0 Å². The van der Waals surface area contributed by atoms with Gasteiger partial charge >= 0.3 is 0 Å². The predicted octanol–water partition coefficient (Wildman–Crippen LogP) is 3.62. The summed E-state index contributed by atoms with van der Waals surface area (Å²) in [5.74, 6) is 1.84. The first-order valence-corrected chi connectivity index (χ1v) is 9.93. The molecule has 1 N–H and O–H groups in total. The lowest BCUT2D eigenvalue weighted by atomic mass is 9.80. The molecule has 1 aliphatic rings. The van der Waals surface area contributed by atoms with Crippen LogP contribution in [-0.4, -0.2) is 36.9 Å². The topological polar surface area (TPSA) is 58.6 Å². The van der Waals surface area contributed by atoms with E-state index in [2.05, 4.69) is 12.2 Å². The van der Waals surface area contributed by atoms with E-state index in [1.54, 1.807) is 7.11 Å². The van der Waals surface area contributed by atoms with Crippen molar-refractivity contribution in [3.05, 3.63) is 29.8 Å². The molecular weight excluding hydrogens is 340 g/mol. The minimum atomic E-state index is -0.346. The van der Waals surface area contributed by atoms with Gasteiger partial charge in [0.1, 0.15) is 5.75 Å². The minimum Gasteiger partial charge on any atom is -0.497 e. The van der Waals surface area contributed by atoms with E-state index in [9.17, 15) is 9.59 Å². The summed E-state index contributed by atoms with van der Waals surface area (Å²) >= 11 is 0. The number of piperidine rings is 1. The van der Waals surface area contributed by atoms with Crippen molar-refractivity contribution in [1.29, 1.82) is 0 Å². The summed E-state index contributed by atoms with van der Waals surface area (Å²) in [4.78, 5) is 27.0. The molecule has 1 heterocycles. The Morgan fingerprint density at radius 2 is 1.85 bits per heavy atom. The van der Waals surface area contributed by atoms with Crippen LogP contribution in [-0.2, 0) is 16.1 Å². The Kier molecular flexibility index (Phi) is 7.28. The maximum atomic E-state index is 12.6. The van der Waals surface area contributed by atoms with Crippen LogP contribution < -0.4 is 10.1 Å². The molecule has 5 heteroatoms. The van der Waals surface area contributed by atoms with Crippen LogP contribution in [0.2, 0.25) is 0 Å². The third-order valence-corrected chi connectivity index (χ3v) is 5.44. The number of nitrogens with zero attached hydrogens (tertiary/aromatic N) is 1. The average molecular weight is 375 g/mol. The number of nitrogens with one attached hydrogen (secondary N) is 1. The molecule has 1 aliphatic heterocycles. The van der Waals surface area contributed by atoms with Gasteiger partial charge in [-0.15, -0.1) is 0 Å². The number of methoxy groups -OCH3 is 1. The molecule has 5 nitrogen and oxygen atoms in total. The molecule has 0 aromatic heterocycles. The summed E-state index contributed by atoms with van der Waals surface area (Å²) < 4.78 is 5.15. The molecule has 0 unspecified atom stereocenters. The Hall–Kier alpha value is -2.04. The molecule has 2 atom stereocenters. The van der Waals surface area contributed by atoms with E-state index < -0.39 is 0 Å². The molecule has 0 saturated carbocycles. The fourth-order valence-corrected chi connectivity index (χ4v) is 3.73. The average Bonchev–Trinajstić information content (AvgIpc) is 2.65. The third kappa shape index (κ3) is 5.98. The van der Waals surface area contributed by atoms with E-state index >= 15 is 0 Å². The second-order valence-corrected chi connectivity index (χ2v) is 8.55. The first-order valence-electron chi connectivity index (χ1n) is 9.93. The largest absolute Gasteiger partial charge is 0.497 e. The lowest BCUT2D eigenvalue weighted by molar-refractivity contribution is -0.142. The van der Waals surface area contributed by atoms with Gasteiger partial charge < -0.3 is 15.0 Å². The van der Waals surface area contributed by atoms with Crippen LogP contribution >= 0.6 is 0 Å². The van der Waals surface area contributed by atoms with Crippen LogP contribution in [0, 0.1) is 17.3 Å². The molecular formula is C22H34N2O3. The van der Waals surface area contributed by atoms with Crippen molar-refractivity contribution in [1.82, 2.24) is 10.2 Å². The molecule has 1 aromatic rings. The van der Waals surface area contributed by atoms with E-state index in [4.69, 9.17) is 4.74 Å². The van der Waals surface area contributed by atoms with Crippen molar-refractivity contribution in [2.45, 2.75) is 53.5 Å². The van der Waals surface area contributed by atoms with Crippen LogP contribution in [0.5, 0.6) is 5.75 Å². The monoisotopic (exact) mass is 374 g/mol. The highest BCUT2D eigenvalue weighted by atomic mass is 16.5. The SMILES string of the molecule is CC[C@H]1CN(C(=O)C(C)(C)C)CC[C@H]1CC(=O)NCc1ccc(OC)cc1. The number of carbonyl (C=O) groups excluding carboxylic acids is 2. The fraction of sp³-hybridized carbons (Fsp3) is 0.636. The van der Waals surface area contributed by atoms with Gasteiger partial charge in [0.15, 0.2) is 0 Å². The van der Waals surface area contributed by atoms with Gasteiger partial charge in [0.05, 0.1) is 7.11 Å². The zero-order chi connectivity index (χ0) is 20.0. The molecule has 0 radical (unpaired) electrons. The van der Waals surface area contributed by atoms with Crippen molar-refractivity contribution in [2.75, 3.05) is 20.2 Å². The molecule has 27 heavy (non-hydrogen) atoms. The number of hydrogen-bond acceptors (Lipinski definition) is 3. The highest BCUT2D eigenvalue weighted by molar-refractivity contribution is 5.81. The molecule has 2 amide bonds. The summed E-state index contributed by atoms with van der Waals surface area (Å²) in [5.41, 5.74) is 0.711. The Labute approximate surface area is 163 Å². The Morgan fingerprint density at radius 1 is 1.19 bits per heavy atom. The van der Waals surface area contributed by atoms with Gasteiger partial charge in [-0.25, -0.2) is 0 Å². The molecule has 1 aromatic carbocycles. The van der Waals surface area contributed by atoms with Gasteiger partial charge in [0, 0.05) is 31.5 Å². The zero-order valence-electron chi connectivity index (χ0n) is 17.4. The van der Waals surface area contributed by atoms with Crippen molar-refractivity contribution < 1.29 is 14.3 Å². The standard InChI is InChI=1S/C22H34N2O3/c1-6-17-15-24(21(26)22(2,3)4)12-11-18(17)13-20(25)23-14-16-7-9-19(27-5)10-8-16/h7-10,17-18H,6,11-15H2,1-5H3,(H,23,25)/t17-,18-/m0/s1. The first-order chi connectivity index (χ1) is 12.7. The maximum absolute atomic E-state index is 12.6. The Morgan fingerprint density at radius 3 is 2.41 bits per heavy atom. The number of hydrogen-bond donors (Lipinski definition) is 1. The summed E-state index contributed by atoms with van der Waals surface area (Å²) in [6, 6.07) is 7.72. The van der Waals surface area contributed by atoms with Crippen molar-refractivity contribution >= 4 is 11.8 Å². The van der Waals surface area contributed by atoms with Crippen LogP contribution in [0.15, 0.2) is 24.3 Å². The summed E-state index contributed by atoms with van der Waals surface area (Å²) in [6.07, 6.45) is 2.42. The minimum absolute atomic E-state index is 0.0878. The number of ether oxygens (including phenoxy) is 1. The first kappa shape index (κ1) is 21.3. The molecule has 150 valence electrons. The Bertz CT molecular complexity index is 634. The summed E-state index contributed by atoms with van der Waals surface area (Å²) in [5, 5.41) is 3.03. The number of rotatable bonds is 6. The molecule has 1 saturated heterocycles. The van der Waals surface area contributed by atoms with Gasteiger partial charge in [-0.3, -0.25) is 9.59 Å². The second kappa shape index (κ2) is 9.25. The van der Waals surface area contributed by atoms with Gasteiger partial charge in [-0.1, -0.05) is 46.2 Å². The number of benzene rings is 1. The highest BCUT2D eigenvalue weighted by Gasteiger charge is 2.35. The number of amides is 2. The van der Waals surface area contributed by atoms with Gasteiger partial charge in [-0.2, -0.15) is 0 Å². The quantitative estimate of drug-likeness (QED) is 0.827. The van der Waals surface area contributed by atoms with E-state index in [1.165, 1.54) is 0 Å². The lowest BCUT2D eigenvalue weighted by Crippen LogP contribution is -2.48. The molecule has 0 spiro atoms. The molecule has 0 aliphatic carbocycles. The van der Waals surface area contributed by atoms with E-state index in [0.29, 0.717) is 24.8 Å². The molecule has 1 fully saturated rings. The molecule has 0 bridgehead atoms. The van der Waals surface area contributed by atoms with E-state index in [0.717, 1.165) is 37.2 Å². The van der Waals surface area contributed by atoms with Gasteiger partial charge in [0.2, 0.25) is 11.8 Å². The molecule has 2 rings (SSSR count). The predicted molar refractivity (Wildman–Crippen MR) is 107 cm³/mol. The maximum Gasteiger partial charge on any atom is 0.227 e. The van der Waals surface area contributed by atoms with Crippen LogP contribution in [0.3, 0.4) is 0 Å². The lowest BCUT2D eigenvalue weighted by Gasteiger charge is -2.40. The highest BCUT2D eigenvalue weighted by Crippen LogP contribution is 2.31. The summed E-state index contributed by atoms with van der Waals surface area (Å²) in [7, 11) is 1.64. The number of carbonyl (C=O) groups is 2. The van der Waals surface area contributed by atoms with E-state index in [-0.39, 0.29) is 17.2 Å². The van der Waals surface area contributed by atoms with Gasteiger partial charge in [-0.05, 0) is 36.0 Å². The van der Waals surface area contributed by atoms with E-state index in [1.807, 2.05) is 49.9 Å². The smallest absolute Gasteiger partial charge is 0.227 e. The Balaban J connectivity index is 1.85. The van der Waals surface area contributed by atoms with Crippen molar-refractivity contribution in [3.8, 4) is 5.75 Å². The zero-order valence-corrected chi connectivity index (χ0v) is 17.4. The second-order valence-electron chi connectivity index (χ2n) is 8.55. The van der Waals surface area contributed by atoms with Crippen LogP contribution in [0.25, 0.3) is 0 Å². The van der Waals surface area contributed by atoms with Crippen LogP contribution in [0.4, 0.5) is 0 Å². The van der Waals surface area contributed by atoms with Crippen molar-refractivity contribution in [2.24, 2.45) is 17.3 Å². The fourth-order valence-electron chi connectivity index (χ4n) is 3.73. The number of likely N-dealkylation sites (tertiary alicyclic amines) is 1. The van der Waals surface area contributed by atoms with Crippen molar-refractivity contribution in [3.63, 3.8) is 0 Å². The summed E-state index contributed by atoms with van der Waals surface area (Å²) in [6.45, 7) is 10.1. The normalized spacial score (nSPS) is 20.3. The third-order valence-electron chi connectivity index (χ3n) is 5.44. The van der Waals surface area contributed by atoms with Crippen LogP contribution in [0.1, 0.15) is 52.5 Å².